The van der Waals surface area contributed by atoms with Gasteiger partial charge in [-0.2, -0.15) is 0 Å². The van der Waals surface area contributed by atoms with Gasteiger partial charge in [-0.25, -0.2) is 9.59 Å². The minimum atomic E-state index is -1.49. The lowest BCUT2D eigenvalue weighted by Crippen LogP contribution is -2.52. The average Bonchev–Trinajstić information content (AvgIpc) is 2.51. The average molecular weight is 338 g/mol. The molecule has 3 aliphatic rings. The normalized spacial score (nSPS) is 26.2. The fourth-order valence-corrected chi connectivity index (χ4v) is 3.43. The van der Waals surface area contributed by atoms with E-state index in [0.29, 0.717) is 6.42 Å². The summed E-state index contributed by atoms with van der Waals surface area (Å²) in [5, 5.41) is 0. The summed E-state index contributed by atoms with van der Waals surface area (Å²) in [6.45, 7) is 5.09. The number of rotatable bonds is 3. The van der Waals surface area contributed by atoms with Gasteiger partial charge in [-0.05, 0) is 33.6 Å². The quantitative estimate of drug-likeness (QED) is 0.566. The van der Waals surface area contributed by atoms with Gasteiger partial charge in [0.05, 0.1) is 31.3 Å². The molecule has 3 aliphatic carbocycles. The van der Waals surface area contributed by atoms with Crippen LogP contribution in [0.1, 0.15) is 40.0 Å². The molecular weight excluding hydrogens is 316 g/mol. The summed E-state index contributed by atoms with van der Waals surface area (Å²) in [4.78, 5) is 49.8. The SMILES string of the molecule is COC(=O)C1=C(C(=O)OC)[C@]2(C(=O)OC(C)(C)C)CC[C@H]1C(=O)C2. The van der Waals surface area contributed by atoms with Crippen LogP contribution in [0.5, 0.6) is 0 Å². The lowest BCUT2D eigenvalue weighted by Gasteiger charge is -2.45. The van der Waals surface area contributed by atoms with Gasteiger partial charge in [0.1, 0.15) is 16.8 Å². The first-order valence-electron chi connectivity index (χ1n) is 7.75. The maximum atomic E-state index is 12.9. The van der Waals surface area contributed by atoms with E-state index < -0.39 is 34.8 Å². The van der Waals surface area contributed by atoms with Gasteiger partial charge < -0.3 is 14.2 Å². The minimum absolute atomic E-state index is 0.0716. The zero-order valence-corrected chi connectivity index (χ0v) is 14.6. The maximum Gasteiger partial charge on any atom is 0.335 e. The van der Waals surface area contributed by atoms with Crippen LogP contribution in [0, 0.1) is 11.3 Å². The van der Waals surface area contributed by atoms with Crippen molar-refractivity contribution in [2.24, 2.45) is 11.3 Å². The van der Waals surface area contributed by atoms with Crippen LogP contribution < -0.4 is 0 Å². The smallest absolute Gasteiger partial charge is 0.335 e. The second-order valence-electron chi connectivity index (χ2n) is 7.09. The fraction of sp³-hybridized carbons (Fsp3) is 0.647. The lowest BCUT2D eigenvalue weighted by molar-refractivity contribution is -0.172. The molecule has 24 heavy (non-hydrogen) atoms. The van der Waals surface area contributed by atoms with Crippen molar-refractivity contribution in [2.75, 3.05) is 14.2 Å². The molecule has 132 valence electrons. The summed E-state index contributed by atoms with van der Waals surface area (Å²) >= 11 is 0. The highest BCUT2D eigenvalue weighted by atomic mass is 16.6. The van der Waals surface area contributed by atoms with Gasteiger partial charge in [0.2, 0.25) is 0 Å². The summed E-state index contributed by atoms with van der Waals surface area (Å²) < 4.78 is 15.0. The Morgan fingerprint density at radius 1 is 1.08 bits per heavy atom. The summed E-state index contributed by atoms with van der Waals surface area (Å²) in [7, 11) is 2.33. The second kappa shape index (κ2) is 6.03. The fourth-order valence-electron chi connectivity index (χ4n) is 3.43. The molecule has 1 fully saturated rings. The van der Waals surface area contributed by atoms with Crippen molar-refractivity contribution in [2.45, 2.75) is 45.6 Å². The molecule has 0 radical (unpaired) electrons. The van der Waals surface area contributed by atoms with Crippen molar-refractivity contribution in [3.8, 4) is 0 Å². The van der Waals surface area contributed by atoms with Crippen molar-refractivity contribution in [1.82, 2.24) is 0 Å². The van der Waals surface area contributed by atoms with Crippen molar-refractivity contribution >= 4 is 23.7 Å². The van der Waals surface area contributed by atoms with Gasteiger partial charge in [-0.15, -0.1) is 0 Å². The number of carbonyl (C=O) groups excluding carboxylic acids is 4. The number of esters is 3. The molecule has 2 bridgehead atoms. The Bertz CT molecular complexity index is 638. The van der Waals surface area contributed by atoms with Crippen molar-refractivity contribution in [3.05, 3.63) is 11.1 Å². The van der Waals surface area contributed by atoms with E-state index in [1.54, 1.807) is 20.8 Å². The molecule has 0 aromatic heterocycles. The Morgan fingerprint density at radius 3 is 2.12 bits per heavy atom. The number of Topliss-reactive ketones (excluding diaryl/α,β-unsaturated/α-hetero) is 1. The van der Waals surface area contributed by atoms with E-state index in [4.69, 9.17) is 14.2 Å². The van der Waals surface area contributed by atoms with Gasteiger partial charge >= 0.3 is 17.9 Å². The molecule has 2 atom stereocenters. The maximum absolute atomic E-state index is 12.9. The van der Waals surface area contributed by atoms with Crippen LogP contribution in [0.2, 0.25) is 0 Å². The van der Waals surface area contributed by atoms with Crippen LogP contribution >= 0.6 is 0 Å². The van der Waals surface area contributed by atoms with Crippen LogP contribution in [-0.2, 0) is 33.4 Å². The van der Waals surface area contributed by atoms with Crippen molar-refractivity contribution < 1.29 is 33.4 Å². The molecule has 1 saturated carbocycles. The largest absolute Gasteiger partial charge is 0.466 e. The standard InChI is InChI=1S/C17H22O7/c1-16(2,3)24-15(21)17-7-6-9(10(18)8-17)11(13(19)22-4)12(17)14(20)23-5/h9H,6-8H2,1-5H3/t9-,17-/m0/s1. The first-order valence-corrected chi connectivity index (χ1v) is 7.75. The number of fused-ring (bicyclic) bond motifs is 2. The Balaban J connectivity index is 2.67. The lowest BCUT2D eigenvalue weighted by atomic mass is 9.57. The Morgan fingerprint density at radius 2 is 1.67 bits per heavy atom. The Labute approximate surface area is 140 Å². The zero-order chi connectivity index (χ0) is 18.3. The molecule has 0 aromatic carbocycles. The molecule has 7 heteroatoms. The topological polar surface area (TPSA) is 96.0 Å². The predicted molar refractivity (Wildman–Crippen MR) is 81.7 cm³/mol. The number of methoxy groups -OCH3 is 2. The monoisotopic (exact) mass is 338 g/mol. The highest BCUT2D eigenvalue weighted by Gasteiger charge is 2.60. The molecule has 0 aliphatic heterocycles. The second-order valence-corrected chi connectivity index (χ2v) is 7.09. The van der Waals surface area contributed by atoms with E-state index in [-0.39, 0.29) is 29.8 Å². The molecule has 0 unspecified atom stereocenters. The third kappa shape index (κ3) is 2.83. The van der Waals surface area contributed by atoms with Crippen molar-refractivity contribution in [3.63, 3.8) is 0 Å². The molecule has 3 rings (SSSR count). The zero-order valence-electron chi connectivity index (χ0n) is 14.6. The van der Waals surface area contributed by atoms with E-state index in [1.165, 1.54) is 0 Å². The summed E-state index contributed by atoms with van der Waals surface area (Å²) in [6, 6.07) is 0. The van der Waals surface area contributed by atoms with Gasteiger partial charge in [0.15, 0.2) is 0 Å². The van der Waals surface area contributed by atoms with Gasteiger partial charge in [-0.1, -0.05) is 0 Å². The summed E-state index contributed by atoms with van der Waals surface area (Å²) in [6.07, 6.45) is 0.379. The van der Waals surface area contributed by atoms with Crippen LogP contribution in [0.3, 0.4) is 0 Å². The van der Waals surface area contributed by atoms with Crippen LogP contribution in [0.4, 0.5) is 0 Å². The van der Waals surface area contributed by atoms with Crippen molar-refractivity contribution in [1.29, 1.82) is 0 Å². The highest BCUT2D eigenvalue weighted by molar-refractivity contribution is 6.13. The van der Waals surface area contributed by atoms with E-state index in [0.717, 1.165) is 14.2 Å². The van der Waals surface area contributed by atoms with Crippen LogP contribution in [-0.4, -0.2) is 43.5 Å². The van der Waals surface area contributed by atoms with E-state index in [2.05, 4.69) is 0 Å². The third-order valence-electron chi connectivity index (χ3n) is 4.41. The Kier molecular flexibility index (Phi) is 4.57. The summed E-state index contributed by atoms with van der Waals surface area (Å²) in [5.41, 5.74) is -2.45. The Hall–Kier alpha value is -2.18. The number of hydrogen-bond acceptors (Lipinski definition) is 7. The molecule has 0 aromatic rings. The molecular formula is C17H22O7. The van der Waals surface area contributed by atoms with Crippen LogP contribution in [0.15, 0.2) is 11.1 Å². The minimum Gasteiger partial charge on any atom is -0.466 e. The summed E-state index contributed by atoms with van der Waals surface area (Å²) in [5.74, 6) is -3.29. The van der Waals surface area contributed by atoms with E-state index in [1.807, 2.05) is 0 Å². The highest BCUT2D eigenvalue weighted by Crippen LogP contribution is 2.53. The number of hydrogen-bond donors (Lipinski definition) is 0. The molecule has 0 saturated heterocycles. The van der Waals surface area contributed by atoms with Gasteiger partial charge in [0, 0.05) is 6.42 Å². The molecule has 0 amide bonds. The van der Waals surface area contributed by atoms with Gasteiger partial charge in [0.25, 0.3) is 0 Å². The van der Waals surface area contributed by atoms with Crippen LogP contribution in [0.25, 0.3) is 0 Å². The van der Waals surface area contributed by atoms with E-state index >= 15 is 0 Å². The molecule has 0 heterocycles. The first-order chi connectivity index (χ1) is 11.1. The van der Waals surface area contributed by atoms with Gasteiger partial charge in [-0.3, -0.25) is 9.59 Å². The number of ether oxygens (including phenoxy) is 3. The molecule has 7 nitrogen and oxygen atoms in total. The number of ketones is 1. The first kappa shape index (κ1) is 18.2. The molecule has 0 spiro atoms. The predicted octanol–water partition coefficient (Wildman–Crippen LogP) is 1.34. The molecule has 0 N–H and O–H groups in total. The third-order valence-corrected chi connectivity index (χ3v) is 4.41. The number of carbonyl (C=O) groups is 4. The van der Waals surface area contributed by atoms with E-state index in [9.17, 15) is 19.2 Å².